The largest absolute Gasteiger partial charge is 0.465 e. The summed E-state index contributed by atoms with van der Waals surface area (Å²) in [5, 5.41) is 19.0. The molecule has 0 fully saturated rings. The molecule has 2 aromatic heterocycles. The van der Waals surface area contributed by atoms with Gasteiger partial charge < -0.3 is 15.3 Å². The van der Waals surface area contributed by atoms with E-state index in [1.807, 2.05) is 76.5 Å². The Bertz CT molecular complexity index is 1050. The monoisotopic (exact) mass is 440 g/mol. The molecule has 0 saturated heterocycles. The molecule has 2 N–H and O–H groups in total. The maximum Gasteiger partial charge on any atom is 0.407 e. The third kappa shape index (κ3) is 5.14. The number of thiophene rings is 1. The second-order valence-electron chi connectivity index (χ2n) is 8.50. The van der Waals surface area contributed by atoms with E-state index in [2.05, 4.69) is 10.4 Å². The lowest BCUT2D eigenvalue weighted by Gasteiger charge is -2.36. The molecule has 3 aromatic rings. The highest BCUT2D eigenvalue weighted by Crippen LogP contribution is 2.28. The molecule has 1 aromatic carbocycles. The van der Waals surface area contributed by atoms with Gasteiger partial charge in [0, 0.05) is 30.1 Å². The van der Waals surface area contributed by atoms with Crippen LogP contribution in [0.2, 0.25) is 0 Å². The molecule has 1 atom stereocenters. The van der Waals surface area contributed by atoms with Gasteiger partial charge in [0.2, 0.25) is 0 Å². The van der Waals surface area contributed by atoms with E-state index in [1.54, 1.807) is 10.9 Å². The smallest absolute Gasteiger partial charge is 0.407 e. The van der Waals surface area contributed by atoms with Crippen molar-refractivity contribution in [1.82, 2.24) is 20.0 Å². The molecule has 2 heterocycles. The Hall–Kier alpha value is -3.13. The molecule has 8 heteroatoms. The Labute approximate surface area is 186 Å². The van der Waals surface area contributed by atoms with E-state index in [-0.39, 0.29) is 12.5 Å². The van der Waals surface area contributed by atoms with Crippen LogP contribution < -0.4 is 5.32 Å². The molecule has 7 nitrogen and oxygen atoms in total. The van der Waals surface area contributed by atoms with Crippen molar-refractivity contribution in [3.8, 4) is 11.3 Å². The van der Waals surface area contributed by atoms with Crippen LogP contribution >= 0.6 is 11.3 Å². The third-order valence-electron chi connectivity index (χ3n) is 5.13. The average molecular weight is 441 g/mol. The van der Waals surface area contributed by atoms with Gasteiger partial charge in [0.05, 0.1) is 22.8 Å². The van der Waals surface area contributed by atoms with Crippen molar-refractivity contribution >= 4 is 23.3 Å². The van der Waals surface area contributed by atoms with Crippen LogP contribution in [0.1, 0.15) is 47.6 Å². The van der Waals surface area contributed by atoms with Crippen molar-refractivity contribution in [2.75, 3.05) is 6.54 Å². The summed E-state index contributed by atoms with van der Waals surface area (Å²) in [6.07, 6.45) is 0.776. The molecule has 31 heavy (non-hydrogen) atoms. The summed E-state index contributed by atoms with van der Waals surface area (Å²) >= 11 is 1.36. The first kappa shape index (κ1) is 22.6. The highest BCUT2D eigenvalue weighted by molar-refractivity contribution is 7.12. The van der Waals surface area contributed by atoms with Crippen LogP contribution in [-0.2, 0) is 7.05 Å². The fraction of sp³-hybridized carbons (Fsp3) is 0.348. The zero-order valence-corrected chi connectivity index (χ0v) is 19.2. The van der Waals surface area contributed by atoms with Gasteiger partial charge in [-0.05, 0) is 44.9 Å². The number of carboxylic acid groups (broad SMARTS) is 1. The number of hydrogen-bond acceptors (Lipinski definition) is 4. The van der Waals surface area contributed by atoms with Gasteiger partial charge in [-0.25, -0.2) is 4.79 Å². The van der Waals surface area contributed by atoms with Crippen molar-refractivity contribution in [3.63, 3.8) is 0 Å². The van der Waals surface area contributed by atoms with Crippen LogP contribution in [-0.4, -0.2) is 43.9 Å². The second-order valence-corrected chi connectivity index (χ2v) is 9.41. The van der Waals surface area contributed by atoms with Crippen molar-refractivity contribution in [1.29, 1.82) is 0 Å². The maximum absolute atomic E-state index is 13.1. The van der Waals surface area contributed by atoms with E-state index < -0.39 is 17.7 Å². The second kappa shape index (κ2) is 8.93. The maximum atomic E-state index is 13.1. The Morgan fingerprint density at radius 3 is 2.48 bits per heavy atom. The molecule has 164 valence electrons. The standard InChI is InChI=1S/C23H28N4O3S/c1-15-12-24-26(5)20(15)17-11-19(31-14-17)21(28)25-18(16-9-7-6-8-10-16)13-27(22(29)30)23(2,3)4/h6-12,14,18H,13H2,1-5H3,(H,25,28)(H,29,30)/t18-/m0/s1. The zero-order chi connectivity index (χ0) is 22.8. The fourth-order valence-corrected chi connectivity index (χ4v) is 4.31. The quantitative estimate of drug-likeness (QED) is 0.581. The summed E-state index contributed by atoms with van der Waals surface area (Å²) in [6, 6.07) is 10.8. The summed E-state index contributed by atoms with van der Waals surface area (Å²) in [6.45, 7) is 7.65. The van der Waals surface area contributed by atoms with Crippen molar-refractivity contribution in [2.45, 2.75) is 39.3 Å². The van der Waals surface area contributed by atoms with Crippen LogP contribution in [0.15, 0.2) is 48.0 Å². The number of benzene rings is 1. The van der Waals surface area contributed by atoms with E-state index in [1.165, 1.54) is 16.2 Å². The number of aryl methyl sites for hydroxylation is 2. The summed E-state index contributed by atoms with van der Waals surface area (Å²) in [7, 11) is 1.87. The summed E-state index contributed by atoms with van der Waals surface area (Å²) in [4.78, 5) is 26.9. The first-order valence-corrected chi connectivity index (χ1v) is 10.9. The van der Waals surface area contributed by atoms with Gasteiger partial charge in [0.25, 0.3) is 5.91 Å². The lowest BCUT2D eigenvalue weighted by molar-refractivity contribution is 0.0824. The molecule has 0 spiro atoms. The number of carbonyl (C=O) groups excluding carboxylic acids is 1. The van der Waals surface area contributed by atoms with E-state index in [4.69, 9.17) is 0 Å². The van der Waals surface area contributed by atoms with E-state index in [0.29, 0.717) is 4.88 Å². The number of aromatic nitrogens is 2. The zero-order valence-electron chi connectivity index (χ0n) is 18.4. The predicted octanol–water partition coefficient (Wildman–Crippen LogP) is 4.71. The van der Waals surface area contributed by atoms with Gasteiger partial charge in [-0.3, -0.25) is 9.48 Å². The molecule has 2 amide bonds. The number of amides is 2. The summed E-state index contributed by atoms with van der Waals surface area (Å²) < 4.78 is 1.79. The lowest BCUT2D eigenvalue weighted by Crippen LogP contribution is -2.49. The Kier molecular flexibility index (Phi) is 6.50. The highest BCUT2D eigenvalue weighted by Gasteiger charge is 2.30. The molecule has 0 aliphatic heterocycles. The fourth-order valence-electron chi connectivity index (χ4n) is 3.51. The molecule has 0 aliphatic rings. The lowest BCUT2D eigenvalue weighted by atomic mass is 10.0. The SMILES string of the molecule is Cc1cnn(C)c1-c1csc(C(=O)N[C@@H](CN(C(=O)O)C(C)(C)C)c2ccccc2)c1. The number of nitrogens with one attached hydrogen (secondary N) is 1. The van der Waals surface area contributed by atoms with Gasteiger partial charge in [-0.1, -0.05) is 30.3 Å². The van der Waals surface area contributed by atoms with Gasteiger partial charge >= 0.3 is 6.09 Å². The predicted molar refractivity (Wildman–Crippen MR) is 122 cm³/mol. The summed E-state index contributed by atoms with van der Waals surface area (Å²) in [5.41, 5.74) is 3.20. The van der Waals surface area contributed by atoms with Crippen LogP contribution in [0, 0.1) is 6.92 Å². The Morgan fingerprint density at radius 2 is 1.94 bits per heavy atom. The van der Waals surface area contributed by atoms with Gasteiger partial charge in [-0.15, -0.1) is 11.3 Å². The van der Waals surface area contributed by atoms with Gasteiger partial charge in [0.1, 0.15) is 0 Å². The molecular formula is C23H28N4O3S. The molecule has 0 unspecified atom stereocenters. The van der Waals surface area contributed by atoms with Gasteiger partial charge in [0.15, 0.2) is 0 Å². The Morgan fingerprint density at radius 1 is 1.26 bits per heavy atom. The number of rotatable bonds is 6. The minimum absolute atomic E-state index is 0.146. The Balaban J connectivity index is 1.86. The van der Waals surface area contributed by atoms with Crippen LogP contribution in [0.3, 0.4) is 0 Å². The molecule has 0 saturated carbocycles. The molecule has 0 aliphatic carbocycles. The van der Waals surface area contributed by atoms with Crippen LogP contribution in [0.25, 0.3) is 11.3 Å². The van der Waals surface area contributed by atoms with Crippen LogP contribution in [0.4, 0.5) is 4.79 Å². The van der Waals surface area contributed by atoms with Crippen LogP contribution in [0.5, 0.6) is 0 Å². The highest BCUT2D eigenvalue weighted by atomic mass is 32.1. The van der Waals surface area contributed by atoms with Crippen molar-refractivity contribution < 1.29 is 14.7 Å². The number of hydrogen-bond donors (Lipinski definition) is 2. The third-order valence-corrected chi connectivity index (χ3v) is 6.06. The molecular weight excluding hydrogens is 412 g/mol. The van der Waals surface area contributed by atoms with E-state index >= 15 is 0 Å². The first-order valence-electron chi connectivity index (χ1n) is 10.0. The first-order chi connectivity index (χ1) is 14.6. The van der Waals surface area contributed by atoms with E-state index in [0.717, 1.165) is 22.4 Å². The molecule has 0 radical (unpaired) electrons. The molecule has 0 bridgehead atoms. The average Bonchev–Trinajstić information content (AvgIpc) is 3.30. The minimum atomic E-state index is -1.02. The van der Waals surface area contributed by atoms with Crippen molar-refractivity contribution in [2.24, 2.45) is 7.05 Å². The normalized spacial score (nSPS) is 12.4. The minimum Gasteiger partial charge on any atom is -0.465 e. The number of carbonyl (C=O) groups is 2. The topological polar surface area (TPSA) is 87.5 Å². The van der Waals surface area contributed by atoms with Gasteiger partial charge in [-0.2, -0.15) is 5.10 Å². The number of nitrogens with zero attached hydrogens (tertiary/aromatic N) is 3. The molecule has 3 rings (SSSR count). The summed E-state index contributed by atoms with van der Waals surface area (Å²) in [5.74, 6) is -0.232. The van der Waals surface area contributed by atoms with E-state index in [9.17, 15) is 14.7 Å². The van der Waals surface area contributed by atoms with Crippen molar-refractivity contribution in [3.05, 3.63) is 64.0 Å².